The standard InChI is InChI=1S/C27H26N2O8/c1-29(2)21-16-10-12-9-15-14(11-4-3-5-13(30)8-11)6-7-17(31)19(15)22(32)18(12)24(34)27(16,37)25(35)20(23(21)33)26(28)36/h3-8,12,16,21,30-32,35,37H,9-10H2,1-2H3,(H2,28,36)/t12-,16-,21-,27-/m0/s1. The zero-order chi connectivity index (χ0) is 27.0. The van der Waals surface area contributed by atoms with Crippen molar-refractivity contribution in [1.82, 2.24) is 4.90 Å². The molecule has 0 aliphatic heterocycles. The molecule has 0 unspecified atom stereocenters. The number of benzene rings is 2. The Hall–Kier alpha value is -4.15. The van der Waals surface area contributed by atoms with Crippen LogP contribution in [0.5, 0.6) is 11.5 Å². The second kappa shape index (κ2) is 8.19. The lowest BCUT2D eigenvalue weighted by molar-refractivity contribution is -0.153. The van der Waals surface area contributed by atoms with Crippen LogP contribution in [0.1, 0.15) is 17.5 Å². The van der Waals surface area contributed by atoms with E-state index in [9.17, 15) is 39.9 Å². The first kappa shape index (κ1) is 24.5. The van der Waals surface area contributed by atoms with E-state index in [0.717, 1.165) is 0 Å². The second-order valence-electron chi connectivity index (χ2n) is 10.00. The fourth-order valence-corrected chi connectivity index (χ4v) is 6.19. The number of aliphatic hydroxyl groups excluding tert-OH is 2. The van der Waals surface area contributed by atoms with Crippen LogP contribution in [-0.4, -0.2) is 73.6 Å². The van der Waals surface area contributed by atoms with Crippen molar-refractivity contribution in [3.8, 4) is 22.6 Å². The molecule has 3 aliphatic rings. The fourth-order valence-electron chi connectivity index (χ4n) is 6.19. The predicted molar refractivity (Wildman–Crippen MR) is 131 cm³/mol. The highest BCUT2D eigenvalue weighted by Gasteiger charge is 2.64. The number of primary amides is 1. The van der Waals surface area contributed by atoms with Crippen LogP contribution in [0.4, 0.5) is 0 Å². The van der Waals surface area contributed by atoms with Gasteiger partial charge in [-0.2, -0.15) is 0 Å². The van der Waals surface area contributed by atoms with E-state index in [1.54, 1.807) is 32.3 Å². The molecule has 2 aromatic rings. The van der Waals surface area contributed by atoms with E-state index in [4.69, 9.17) is 5.73 Å². The van der Waals surface area contributed by atoms with Gasteiger partial charge in [0.15, 0.2) is 11.4 Å². The third kappa shape index (κ3) is 3.29. The molecule has 0 bridgehead atoms. The zero-order valence-electron chi connectivity index (χ0n) is 20.1. The minimum Gasteiger partial charge on any atom is -0.508 e. The number of aromatic hydroxyl groups is 2. The second-order valence-corrected chi connectivity index (χ2v) is 10.00. The van der Waals surface area contributed by atoms with Gasteiger partial charge in [0.1, 0.15) is 28.6 Å². The Morgan fingerprint density at radius 3 is 2.41 bits per heavy atom. The van der Waals surface area contributed by atoms with E-state index in [1.807, 2.05) is 0 Å². The Kier molecular flexibility index (Phi) is 5.43. The van der Waals surface area contributed by atoms with Crippen LogP contribution < -0.4 is 5.73 Å². The molecule has 0 spiro atoms. The van der Waals surface area contributed by atoms with E-state index in [-0.39, 0.29) is 35.5 Å². The Morgan fingerprint density at radius 2 is 1.78 bits per heavy atom. The molecule has 1 saturated carbocycles. The van der Waals surface area contributed by atoms with Gasteiger partial charge in [-0.1, -0.05) is 18.2 Å². The Labute approximate surface area is 211 Å². The van der Waals surface area contributed by atoms with Gasteiger partial charge in [0.2, 0.25) is 5.78 Å². The summed E-state index contributed by atoms with van der Waals surface area (Å²) in [5, 5.41) is 54.4. The van der Waals surface area contributed by atoms with Gasteiger partial charge < -0.3 is 31.3 Å². The van der Waals surface area contributed by atoms with Crippen molar-refractivity contribution < 1.29 is 39.9 Å². The summed E-state index contributed by atoms with van der Waals surface area (Å²) < 4.78 is 0. The highest BCUT2D eigenvalue weighted by atomic mass is 16.3. The Bertz CT molecular complexity index is 1460. The summed E-state index contributed by atoms with van der Waals surface area (Å²) in [5.74, 6) is -6.93. The lowest BCUT2D eigenvalue weighted by Crippen LogP contribution is -2.65. The maximum absolute atomic E-state index is 13.8. The maximum atomic E-state index is 13.8. The number of hydrogen-bond donors (Lipinski definition) is 6. The Balaban J connectivity index is 1.75. The summed E-state index contributed by atoms with van der Waals surface area (Å²) in [6, 6.07) is 8.29. The highest BCUT2D eigenvalue weighted by molar-refractivity contribution is 6.24. The molecule has 0 aromatic heterocycles. The average Bonchev–Trinajstić information content (AvgIpc) is 2.81. The van der Waals surface area contributed by atoms with Crippen LogP contribution in [0.25, 0.3) is 16.9 Å². The quantitative estimate of drug-likeness (QED) is 0.335. The zero-order valence-corrected chi connectivity index (χ0v) is 20.1. The number of fused-ring (bicyclic) bond motifs is 3. The van der Waals surface area contributed by atoms with E-state index in [2.05, 4.69) is 0 Å². The molecule has 2 aromatic carbocycles. The molecular weight excluding hydrogens is 480 g/mol. The van der Waals surface area contributed by atoms with E-state index in [0.29, 0.717) is 16.7 Å². The first-order chi connectivity index (χ1) is 17.4. The van der Waals surface area contributed by atoms with Crippen LogP contribution >= 0.6 is 0 Å². The summed E-state index contributed by atoms with van der Waals surface area (Å²) in [6.45, 7) is 0. The number of hydrogen-bond acceptors (Lipinski definition) is 9. The molecule has 4 atom stereocenters. The number of amides is 1. The molecule has 3 aliphatic carbocycles. The molecule has 5 rings (SSSR count). The molecular formula is C27H26N2O8. The van der Waals surface area contributed by atoms with Gasteiger partial charge in [0.05, 0.1) is 11.6 Å². The molecule has 0 saturated heterocycles. The topological polar surface area (TPSA) is 182 Å². The van der Waals surface area contributed by atoms with Gasteiger partial charge in [-0.3, -0.25) is 19.3 Å². The molecule has 0 radical (unpaired) electrons. The van der Waals surface area contributed by atoms with Gasteiger partial charge >= 0.3 is 0 Å². The van der Waals surface area contributed by atoms with Crippen LogP contribution in [0.2, 0.25) is 0 Å². The summed E-state index contributed by atoms with van der Waals surface area (Å²) in [4.78, 5) is 40.5. The van der Waals surface area contributed by atoms with Gasteiger partial charge in [-0.15, -0.1) is 0 Å². The van der Waals surface area contributed by atoms with Crippen LogP contribution in [0.3, 0.4) is 0 Å². The molecule has 37 heavy (non-hydrogen) atoms. The monoisotopic (exact) mass is 506 g/mol. The lowest BCUT2D eigenvalue weighted by atomic mass is 9.57. The SMILES string of the molecule is CN(C)[C@@H]1C(=O)C(C(N)=O)=C(O)[C@@]2(O)C(=O)C3=C(O)c4c(O)ccc(-c5cccc(O)c5)c4C[C@H]3C[C@@H]12. The number of phenols is 2. The number of Topliss-reactive ketones (excluding diaryl/α,β-unsaturated/α-hetero) is 2. The molecule has 10 nitrogen and oxygen atoms in total. The van der Waals surface area contributed by atoms with Crippen LogP contribution in [0.15, 0.2) is 53.3 Å². The number of carbonyl (C=O) groups excluding carboxylic acids is 3. The molecule has 10 heteroatoms. The van der Waals surface area contributed by atoms with Crippen LogP contribution in [-0.2, 0) is 20.8 Å². The van der Waals surface area contributed by atoms with Crippen molar-refractivity contribution >= 4 is 23.2 Å². The normalized spacial score (nSPS) is 27.2. The first-order valence-corrected chi connectivity index (χ1v) is 11.7. The fraction of sp³-hybridized carbons (Fsp3) is 0.296. The largest absolute Gasteiger partial charge is 0.508 e. The van der Waals surface area contributed by atoms with Crippen molar-refractivity contribution in [3.63, 3.8) is 0 Å². The van der Waals surface area contributed by atoms with Crippen molar-refractivity contribution in [2.45, 2.75) is 24.5 Å². The van der Waals surface area contributed by atoms with Crippen LogP contribution in [0, 0.1) is 11.8 Å². The van der Waals surface area contributed by atoms with Crippen molar-refractivity contribution in [2.75, 3.05) is 14.1 Å². The summed E-state index contributed by atoms with van der Waals surface area (Å²) in [5.41, 5.74) is 3.35. The number of aliphatic hydroxyl groups is 3. The minimum absolute atomic E-state index is 0.000891. The van der Waals surface area contributed by atoms with Crippen molar-refractivity contribution in [1.29, 1.82) is 0 Å². The number of rotatable bonds is 3. The maximum Gasteiger partial charge on any atom is 0.255 e. The lowest BCUT2D eigenvalue weighted by Gasteiger charge is -2.50. The molecule has 0 heterocycles. The van der Waals surface area contributed by atoms with Gasteiger partial charge in [0, 0.05) is 11.5 Å². The predicted octanol–water partition coefficient (Wildman–Crippen LogP) is 1.34. The van der Waals surface area contributed by atoms with Crippen molar-refractivity contribution in [3.05, 3.63) is 64.4 Å². The van der Waals surface area contributed by atoms with E-state index in [1.165, 1.54) is 23.1 Å². The average molecular weight is 507 g/mol. The smallest absolute Gasteiger partial charge is 0.255 e. The van der Waals surface area contributed by atoms with Gasteiger partial charge in [-0.25, -0.2) is 0 Å². The van der Waals surface area contributed by atoms with Gasteiger partial charge in [0.25, 0.3) is 5.91 Å². The first-order valence-electron chi connectivity index (χ1n) is 11.7. The van der Waals surface area contributed by atoms with Gasteiger partial charge in [-0.05, 0) is 67.7 Å². The molecule has 1 amide bonds. The number of likely N-dealkylation sites (N-methyl/N-ethyl adjacent to an activating group) is 1. The van der Waals surface area contributed by atoms with Crippen molar-refractivity contribution in [2.24, 2.45) is 17.6 Å². The number of carbonyl (C=O) groups is 3. The third-order valence-electron chi connectivity index (χ3n) is 7.76. The Morgan fingerprint density at radius 1 is 1.08 bits per heavy atom. The number of ketones is 2. The number of phenolic OH excluding ortho intramolecular Hbond substituents is 2. The summed E-state index contributed by atoms with van der Waals surface area (Å²) in [6.07, 6.45) is 0.162. The summed E-state index contributed by atoms with van der Waals surface area (Å²) in [7, 11) is 3.09. The van der Waals surface area contributed by atoms with E-state index < -0.39 is 58.0 Å². The highest BCUT2D eigenvalue weighted by Crippen LogP contribution is 2.53. The third-order valence-corrected chi connectivity index (χ3v) is 7.76. The van der Waals surface area contributed by atoms with E-state index >= 15 is 0 Å². The molecule has 192 valence electrons. The summed E-state index contributed by atoms with van der Waals surface area (Å²) >= 11 is 0. The minimum atomic E-state index is -2.68. The molecule has 1 fully saturated rings. The number of nitrogens with two attached hydrogens (primary N) is 1. The molecule has 7 N–H and O–H groups in total. The number of nitrogens with zero attached hydrogens (tertiary/aromatic N) is 1.